The van der Waals surface area contributed by atoms with Gasteiger partial charge in [-0.2, -0.15) is 0 Å². The van der Waals surface area contributed by atoms with Gasteiger partial charge >= 0.3 is 5.69 Å². The molecule has 7 heteroatoms. The van der Waals surface area contributed by atoms with Crippen LogP contribution in [0.4, 0.5) is 11.5 Å². The number of rotatable bonds is 3. The summed E-state index contributed by atoms with van der Waals surface area (Å²) in [6, 6.07) is 0. The normalized spacial score (nSPS) is 9.56. The number of nitrogens with two attached hydrogens (primary N) is 1. The fourth-order valence-electron chi connectivity index (χ4n) is 1.24. The number of nitrogens with one attached hydrogen (secondary N) is 1. The Hall–Kier alpha value is -2.44. The molecule has 0 spiro atoms. The molecule has 0 aliphatic rings. The lowest BCUT2D eigenvalue weighted by Crippen LogP contribution is -2.21. The molecular formula is C9H10N4O3. The van der Waals surface area contributed by atoms with E-state index in [1.165, 1.54) is 13.1 Å². The van der Waals surface area contributed by atoms with Crippen LogP contribution in [-0.4, -0.2) is 22.9 Å². The van der Waals surface area contributed by atoms with Crippen molar-refractivity contribution < 1.29 is 9.72 Å². The Morgan fingerprint density at radius 2 is 2.38 bits per heavy atom. The van der Waals surface area contributed by atoms with Crippen LogP contribution in [0.3, 0.4) is 0 Å². The van der Waals surface area contributed by atoms with Gasteiger partial charge in [-0.3, -0.25) is 14.9 Å². The van der Waals surface area contributed by atoms with Crippen molar-refractivity contribution in [3.8, 4) is 0 Å². The van der Waals surface area contributed by atoms with E-state index >= 15 is 0 Å². The number of nitrogen functional groups attached to an aromatic ring is 1. The molecule has 7 nitrogen and oxygen atoms in total. The lowest BCUT2D eigenvalue weighted by molar-refractivity contribution is -0.385. The Kier molecular flexibility index (Phi) is 3.19. The summed E-state index contributed by atoms with van der Waals surface area (Å²) in [7, 11) is 1.37. The van der Waals surface area contributed by atoms with Crippen LogP contribution >= 0.6 is 0 Å². The SMILES string of the molecule is C=Cc1c(N)ncc([N+](=O)[O-])c1C(=O)NC. The molecule has 1 heterocycles. The van der Waals surface area contributed by atoms with Gasteiger partial charge in [0.15, 0.2) is 0 Å². The molecule has 84 valence electrons. The number of nitrogens with zero attached hydrogens (tertiary/aromatic N) is 2. The van der Waals surface area contributed by atoms with Crippen LogP contribution in [0.1, 0.15) is 15.9 Å². The first-order valence-corrected chi connectivity index (χ1v) is 4.30. The third kappa shape index (κ3) is 1.83. The first kappa shape index (κ1) is 11.6. The molecule has 1 amide bonds. The van der Waals surface area contributed by atoms with Gasteiger partial charge in [0, 0.05) is 12.6 Å². The molecule has 1 rings (SSSR count). The van der Waals surface area contributed by atoms with Gasteiger partial charge in [-0.15, -0.1) is 0 Å². The third-order valence-corrected chi connectivity index (χ3v) is 1.98. The van der Waals surface area contributed by atoms with Crippen molar-refractivity contribution in [1.82, 2.24) is 10.3 Å². The van der Waals surface area contributed by atoms with Crippen LogP contribution in [0.25, 0.3) is 6.08 Å². The third-order valence-electron chi connectivity index (χ3n) is 1.98. The molecule has 0 radical (unpaired) electrons. The van der Waals surface area contributed by atoms with E-state index in [9.17, 15) is 14.9 Å². The monoisotopic (exact) mass is 222 g/mol. The van der Waals surface area contributed by atoms with Gasteiger partial charge in [0.05, 0.1) is 4.92 Å². The predicted octanol–water partition coefficient (Wildman–Crippen LogP) is 0.575. The summed E-state index contributed by atoms with van der Waals surface area (Å²) >= 11 is 0. The van der Waals surface area contributed by atoms with E-state index in [-0.39, 0.29) is 16.9 Å². The van der Waals surface area contributed by atoms with E-state index in [2.05, 4.69) is 16.9 Å². The smallest absolute Gasteiger partial charge is 0.301 e. The number of pyridine rings is 1. The van der Waals surface area contributed by atoms with Gasteiger partial charge in [-0.25, -0.2) is 4.98 Å². The molecular weight excluding hydrogens is 212 g/mol. The number of amides is 1. The van der Waals surface area contributed by atoms with Crippen LogP contribution in [0.15, 0.2) is 12.8 Å². The molecule has 0 atom stereocenters. The van der Waals surface area contributed by atoms with E-state index in [0.717, 1.165) is 6.20 Å². The summed E-state index contributed by atoms with van der Waals surface area (Å²) in [4.78, 5) is 25.2. The van der Waals surface area contributed by atoms with Crippen LogP contribution in [-0.2, 0) is 0 Å². The zero-order valence-electron chi connectivity index (χ0n) is 8.56. The molecule has 1 aromatic rings. The highest BCUT2D eigenvalue weighted by Gasteiger charge is 2.24. The molecule has 3 N–H and O–H groups in total. The second-order valence-electron chi connectivity index (χ2n) is 2.86. The molecule has 0 saturated heterocycles. The van der Waals surface area contributed by atoms with E-state index in [4.69, 9.17) is 5.73 Å². The van der Waals surface area contributed by atoms with Crippen molar-refractivity contribution in [1.29, 1.82) is 0 Å². The van der Waals surface area contributed by atoms with Gasteiger partial charge in [0.1, 0.15) is 17.6 Å². The molecule has 0 aliphatic heterocycles. The number of anilines is 1. The van der Waals surface area contributed by atoms with Crippen molar-refractivity contribution in [2.75, 3.05) is 12.8 Å². The summed E-state index contributed by atoms with van der Waals surface area (Å²) in [5, 5.41) is 13.0. The number of hydrogen-bond acceptors (Lipinski definition) is 5. The minimum Gasteiger partial charge on any atom is -0.383 e. The van der Waals surface area contributed by atoms with Crippen molar-refractivity contribution in [3.63, 3.8) is 0 Å². The fourth-order valence-corrected chi connectivity index (χ4v) is 1.24. The van der Waals surface area contributed by atoms with Crippen molar-refractivity contribution in [2.45, 2.75) is 0 Å². The summed E-state index contributed by atoms with van der Waals surface area (Å²) in [5.41, 5.74) is 5.14. The molecule has 0 aliphatic carbocycles. The van der Waals surface area contributed by atoms with Crippen LogP contribution in [0.5, 0.6) is 0 Å². The Labute approximate surface area is 91.1 Å². The first-order chi connectivity index (χ1) is 7.52. The van der Waals surface area contributed by atoms with Gasteiger partial charge < -0.3 is 11.1 Å². The second-order valence-corrected chi connectivity index (χ2v) is 2.86. The first-order valence-electron chi connectivity index (χ1n) is 4.30. The zero-order chi connectivity index (χ0) is 12.3. The number of carbonyl (C=O) groups excluding carboxylic acids is 1. The van der Waals surface area contributed by atoms with E-state index in [1.807, 2.05) is 0 Å². The van der Waals surface area contributed by atoms with Gasteiger partial charge in [-0.1, -0.05) is 12.7 Å². The van der Waals surface area contributed by atoms with Gasteiger partial charge in [0.2, 0.25) is 0 Å². The number of nitro groups is 1. The van der Waals surface area contributed by atoms with Crippen LogP contribution in [0.2, 0.25) is 0 Å². The molecule has 0 bridgehead atoms. The van der Waals surface area contributed by atoms with Crippen molar-refractivity contribution in [3.05, 3.63) is 34.0 Å². The summed E-state index contributed by atoms with van der Waals surface area (Å²) in [6.45, 7) is 3.45. The van der Waals surface area contributed by atoms with Crippen molar-refractivity contribution >= 4 is 23.5 Å². The van der Waals surface area contributed by atoms with E-state index < -0.39 is 16.5 Å². The second kappa shape index (κ2) is 4.39. The predicted molar refractivity (Wildman–Crippen MR) is 58.8 cm³/mol. The molecule has 0 fully saturated rings. The average Bonchev–Trinajstić information content (AvgIpc) is 2.27. The topological polar surface area (TPSA) is 111 Å². The molecule has 0 aromatic carbocycles. The molecule has 1 aromatic heterocycles. The highest BCUT2D eigenvalue weighted by atomic mass is 16.6. The number of hydrogen-bond donors (Lipinski definition) is 2. The molecule has 0 saturated carbocycles. The Balaban J connectivity index is 3.59. The van der Waals surface area contributed by atoms with Gasteiger partial charge in [-0.05, 0) is 0 Å². The lowest BCUT2D eigenvalue weighted by Gasteiger charge is -2.07. The summed E-state index contributed by atoms with van der Waals surface area (Å²) < 4.78 is 0. The minimum atomic E-state index is -0.690. The molecule has 0 unspecified atom stereocenters. The molecule has 16 heavy (non-hydrogen) atoms. The van der Waals surface area contributed by atoms with E-state index in [0.29, 0.717) is 0 Å². The summed E-state index contributed by atoms with van der Waals surface area (Å²) in [5.74, 6) is -0.574. The maximum Gasteiger partial charge on any atom is 0.301 e. The summed E-state index contributed by atoms with van der Waals surface area (Å²) in [6.07, 6.45) is 2.22. The zero-order valence-corrected chi connectivity index (χ0v) is 8.56. The maximum atomic E-state index is 11.5. The average molecular weight is 222 g/mol. The fraction of sp³-hybridized carbons (Fsp3) is 0.111. The number of aromatic nitrogens is 1. The van der Waals surface area contributed by atoms with Crippen LogP contribution in [0, 0.1) is 10.1 Å². The standard InChI is InChI=1S/C9H10N4O3/c1-3-5-7(9(14)11-2)6(13(15)16)4-12-8(5)10/h3-4H,1H2,2H3,(H2,10,12)(H,11,14). The Morgan fingerprint density at radius 3 is 2.81 bits per heavy atom. The van der Waals surface area contributed by atoms with Crippen LogP contribution < -0.4 is 11.1 Å². The van der Waals surface area contributed by atoms with E-state index in [1.54, 1.807) is 0 Å². The highest BCUT2D eigenvalue weighted by molar-refractivity contribution is 6.02. The lowest BCUT2D eigenvalue weighted by atomic mass is 10.1. The Morgan fingerprint density at radius 1 is 1.75 bits per heavy atom. The largest absolute Gasteiger partial charge is 0.383 e. The highest BCUT2D eigenvalue weighted by Crippen LogP contribution is 2.25. The number of carbonyl (C=O) groups is 1. The quantitative estimate of drug-likeness (QED) is 0.573. The maximum absolute atomic E-state index is 11.5. The van der Waals surface area contributed by atoms with Gasteiger partial charge in [0.25, 0.3) is 5.91 Å². The Bertz CT molecular complexity index is 470. The van der Waals surface area contributed by atoms with Crippen molar-refractivity contribution in [2.24, 2.45) is 0 Å². The minimum absolute atomic E-state index is 0.0270.